The van der Waals surface area contributed by atoms with Crippen LogP contribution in [0.2, 0.25) is 0 Å². The average molecular weight is 356 g/mol. The highest BCUT2D eigenvalue weighted by atomic mass is 32.1. The van der Waals surface area contributed by atoms with Crippen LogP contribution in [-0.2, 0) is 9.47 Å². The summed E-state index contributed by atoms with van der Waals surface area (Å²) in [5, 5.41) is 9.97. The lowest BCUT2D eigenvalue weighted by atomic mass is 9.99. The third-order valence-corrected chi connectivity index (χ3v) is 5.22. The lowest BCUT2D eigenvalue weighted by molar-refractivity contribution is 0.0662. The second-order valence-corrected chi connectivity index (χ2v) is 7.03. The van der Waals surface area contributed by atoms with Gasteiger partial charge in [0.05, 0.1) is 25.4 Å². The Bertz CT molecular complexity index is 732. The molecular weight excluding hydrogens is 336 g/mol. The van der Waals surface area contributed by atoms with E-state index in [4.69, 9.17) is 9.47 Å². The third kappa shape index (κ3) is 3.76. The highest BCUT2D eigenvalue weighted by Crippen LogP contribution is 2.32. The zero-order valence-electron chi connectivity index (χ0n) is 13.6. The molecule has 2 aromatic rings. The number of hydrogen-bond acceptors (Lipinski definition) is 4. The van der Waals surface area contributed by atoms with E-state index in [9.17, 15) is 4.79 Å². The Kier molecular flexibility index (Phi) is 4.83. The molecule has 3 heterocycles. The number of anilines is 1. The van der Waals surface area contributed by atoms with E-state index in [2.05, 4.69) is 39.6 Å². The van der Waals surface area contributed by atoms with Crippen LogP contribution in [-0.4, -0.2) is 37.5 Å². The minimum Gasteiger partial charge on any atom is -0.373 e. The van der Waals surface area contributed by atoms with E-state index < -0.39 is 0 Å². The zero-order valence-corrected chi connectivity index (χ0v) is 14.4. The maximum atomic E-state index is 12.2. The van der Waals surface area contributed by atoms with Crippen LogP contribution in [0.5, 0.6) is 0 Å². The molecule has 2 aliphatic heterocycles. The van der Waals surface area contributed by atoms with Gasteiger partial charge in [0.2, 0.25) is 0 Å². The predicted octanol–water partition coefficient (Wildman–Crippen LogP) is 3.37. The van der Waals surface area contributed by atoms with Gasteiger partial charge in [-0.3, -0.25) is 0 Å². The number of rotatable bonds is 4. The Balaban J connectivity index is 1.33. The van der Waals surface area contributed by atoms with Crippen LogP contribution in [0.1, 0.15) is 5.56 Å². The highest BCUT2D eigenvalue weighted by molar-refractivity contribution is 7.08. The van der Waals surface area contributed by atoms with Gasteiger partial charge >= 0.3 is 6.03 Å². The molecule has 2 fully saturated rings. The van der Waals surface area contributed by atoms with Gasteiger partial charge in [-0.15, -0.1) is 0 Å². The summed E-state index contributed by atoms with van der Waals surface area (Å²) in [6.45, 7) is 1.09. The monoisotopic (exact) mass is 356 g/mol. The van der Waals surface area contributed by atoms with Crippen molar-refractivity contribution in [1.29, 1.82) is 0 Å². The summed E-state index contributed by atoms with van der Waals surface area (Å²) >= 11 is 1.68. The van der Waals surface area contributed by atoms with Gasteiger partial charge in [0, 0.05) is 11.6 Å². The number of nitrogens with one attached hydrogen (secondary N) is 2. The first kappa shape index (κ1) is 16.3. The molecule has 6 heteroatoms. The minimum absolute atomic E-state index is 0.00286. The molecule has 0 aliphatic carbocycles. The standard InChI is InChI=1S/C19H20N2O3S/c22-19(20-15-4-2-1-3-5-15)21-16-11-24-17-14(10-23-18(16)17)7-6-13-8-9-25-12-13/h1-9,12,14,16-18H,10-11H2,(H2,20,21,22)/t14-,16-,17+,18+/m0/s1. The Morgan fingerprint density at radius 3 is 2.76 bits per heavy atom. The number of benzene rings is 1. The molecule has 25 heavy (non-hydrogen) atoms. The molecule has 2 amide bonds. The highest BCUT2D eigenvalue weighted by Gasteiger charge is 2.47. The van der Waals surface area contributed by atoms with Gasteiger partial charge in [-0.1, -0.05) is 30.4 Å². The van der Waals surface area contributed by atoms with E-state index in [0.29, 0.717) is 13.2 Å². The fourth-order valence-corrected chi connectivity index (χ4v) is 3.91. The molecule has 5 nitrogen and oxygen atoms in total. The maximum Gasteiger partial charge on any atom is 0.319 e. The molecule has 4 rings (SSSR count). The zero-order chi connectivity index (χ0) is 17.1. The van der Waals surface area contributed by atoms with Crippen LogP contribution in [0, 0.1) is 5.92 Å². The fraction of sp³-hybridized carbons (Fsp3) is 0.316. The number of ether oxygens (including phenoxy) is 2. The molecule has 1 aromatic carbocycles. The number of fused-ring (bicyclic) bond motifs is 1. The predicted molar refractivity (Wildman–Crippen MR) is 98.7 cm³/mol. The van der Waals surface area contributed by atoms with Crippen molar-refractivity contribution in [1.82, 2.24) is 5.32 Å². The molecule has 2 aliphatic rings. The second-order valence-electron chi connectivity index (χ2n) is 6.25. The minimum atomic E-state index is -0.235. The van der Waals surface area contributed by atoms with Crippen molar-refractivity contribution in [3.8, 4) is 0 Å². The first-order valence-corrected chi connectivity index (χ1v) is 9.30. The van der Waals surface area contributed by atoms with E-state index in [-0.39, 0.29) is 30.2 Å². The van der Waals surface area contributed by atoms with Gasteiger partial charge in [0.1, 0.15) is 6.10 Å². The molecule has 0 spiro atoms. The van der Waals surface area contributed by atoms with E-state index in [1.54, 1.807) is 11.3 Å². The Labute approximate surface area is 150 Å². The van der Waals surface area contributed by atoms with Crippen LogP contribution >= 0.6 is 11.3 Å². The first-order chi connectivity index (χ1) is 12.3. The van der Waals surface area contributed by atoms with Crippen molar-refractivity contribution >= 4 is 29.1 Å². The van der Waals surface area contributed by atoms with Crippen LogP contribution in [0.3, 0.4) is 0 Å². The summed E-state index contributed by atoms with van der Waals surface area (Å²) in [5.41, 5.74) is 1.96. The Morgan fingerprint density at radius 1 is 1.12 bits per heavy atom. The summed E-state index contributed by atoms with van der Waals surface area (Å²) in [4.78, 5) is 12.2. The summed E-state index contributed by atoms with van der Waals surface area (Å²) < 4.78 is 11.8. The largest absolute Gasteiger partial charge is 0.373 e. The maximum absolute atomic E-state index is 12.2. The van der Waals surface area contributed by atoms with Crippen molar-refractivity contribution in [2.45, 2.75) is 18.2 Å². The van der Waals surface area contributed by atoms with Gasteiger partial charge in [-0.2, -0.15) is 11.3 Å². The number of carbonyl (C=O) groups excluding carboxylic acids is 1. The number of amides is 2. The van der Waals surface area contributed by atoms with Crippen LogP contribution in [0.4, 0.5) is 10.5 Å². The van der Waals surface area contributed by atoms with Crippen molar-refractivity contribution in [2.24, 2.45) is 5.92 Å². The van der Waals surface area contributed by atoms with Gasteiger partial charge in [-0.25, -0.2) is 4.79 Å². The summed E-state index contributed by atoms with van der Waals surface area (Å²) in [5.74, 6) is 0.217. The number of hydrogen-bond donors (Lipinski definition) is 2. The molecule has 0 saturated carbocycles. The van der Waals surface area contributed by atoms with Crippen molar-refractivity contribution in [3.63, 3.8) is 0 Å². The summed E-state index contributed by atoms with van der Waals surface area (Å²) in [6, 6.07) is 11.1. The number of thiophene rings is 1. The summed E-state index contributed by atoms with van der Waals surface area (Å²) in [6.07, 6.45) is 4.16. The molecule has 0 bridgehead atoms. The molecule has 130 valence electrons. The van der Waals surface area contributed by atoms with E-state index in [0.717, 1.165) is 5.69 Å². The van der Waals surface area contributed by atoms with E-state index in [1.807, 2.05) is 30.3 Å². The van der Waals surface area contributed by atoms with Gasteiger partial charge < -0.3 is 20.1 Å². The number of urea groups is 1. The second kappa shape index (κ2) is 7.39. The normalized spacial score (nSPS) is 28.2. The fourth-order valence-electron chi connectivity index (χ4n) is 3.28. The Hall–Kier alpha value is -2.15. The van der Waals surface area contributed by atoms with Gasteiger partial charge in [0.25, 0.3) is 0 Å². The molecule has 1 aromatic heterocycles. The van der Waals surface area contributed by atoms with Crippen LogP contribution in [0.15, 0.2) is 53.2 Å². The third-order valence-electron chi connectivity index (χ3n) is 4.52. The lowest BCUT2D eigenvalue weighted by Crippen LogP contribution is -2.45. The molecule has 2 N–H and O–H groups in total. The van der Waals surface area contributed by atoms with Crippen molar-refractivity contribution < 1.29 is 14.3 Å². The average Bonchev–Trinajstić information content (AvgIpc) is 3.33. The first-order valence-electron chi connectivity index (χ1n) is 8.36. The lowest BCUT2D eigenvalue weighted by Gasteiger charge is -2.18. The smallest absolute Gasteiger partial charge is 0.319 e. The molecule has 0 radical (unpaired) electrons. The number of carbonyl (C=O) groups is 1. The molecule has 4 atom stereocenters. The quantitative estimate of drug-likeness (QED) is 0.883. The van der Waals surface area contributed by atoms with Crippen LogP contribution in [0.25, 0.3) is 6.08 Å². The van der Waals surface area contributed by atoms with Crippen LogP contribution < -0.4 is 10.6 Å². The molecular formula is C19H20N2O3S. The van der Waals surface area contributed by atoms with Crippen molar-refractivity contribution in [2.75, 3.05) is 18.5 Å². The Morgan fingerprint density at radius 2 is 1.96 bits per heavy atom. The molecule has 0 unspecified atom stereocenters. The van der Waals surface area contributed by atoms with E-state index in [1.165, 1.54) is 5.56 Å². The SMILES string of the molecule is O=C(Nc1ccccc1)N[C@H]1CO[C@H]2[C@@H]1OC[C@@H]2C=Cc1ccsc1. The van der Waals surface area contributed by atoms with Gasteiger partial charge in [-0.05, 0) is 34.5 Å². The topological polar surface area (TPSA) is 59.6 Å². The summed E-state index contributed by atoms with van der Waals surface area (Å²) in [7, 11) is 0. The number of para-hydroxylation sites is 1. The molecule has 2 saturated heterocycles. The van der Waals surface area contributed by atoms with Crippen molar-refractivity contribution in [3.05, 3.63) is 58.8 Å². The van der Waals surface area contributed by atoms with Gasteiger partial charge in [0.15, 0.2) is 0 Å². The van der Waals surface area contributed by atoms with E-state index >= 15 is 0 Å².